The van der Waals surface area contributed by atoms with Crippen molar-refractivity contribution in [3.05, 3.63) is 40.4 Å². The van der Waals surface area contributed by atoms with E-state index in [1.165, 1.54) is 0 Å². The van der Waals surface area contributed by atoms with Gasteiger partial charge in [0.05, 0.1) is 12.5 Å². The number of carbonyl (C=O) groups is 3. The maximum absolute atomic E-state index is 12.7. The lowest BCUT2D eigenvalue weighted by atomic mass is 9.98. The molecule has 1 saturated heterocycles. The molecule has 29 heavy (non-hydrogen) atoms. The molecule has 0 bridgehead atoms. The van der Waals surface area contributed by atoms with Crippen LogP contribution < -0.4 is 10.6 Å². The number of esters is 1. The number of hydrogen-bond acceptors (Lipinski definition) is 6. The standard InChI is InChI=1S/C19H21ClN4O4S/c1-2-28-17(26)12-5-4-8-24(10-12)16(25)15-11-29-19(22-15)23-18(27)21-14-7-3-6-13(20)9-14/h3,6-7,9,11-12H,2,4-5,8,10H2,1H3,(H2,21,22,23,27). The van der Waals surface area contributed by atoms with E-state index in [2.05, 4.69) is 15.6 Å². The second-order valence-corrected chi connectivity index (χ2v) is 7.76. The van der Waals surface area contributed by atoms with E-state index < -0.39 is 6.03 Å². The first kappa shape index (κ1) is 21.1. The molecule has 3 rings (SSSR count). The zero-order chi connectivity index (χ0) is 20.8. The number of aromatic nitrogens is 1. The third-order valence-corrected chi connectivity index (χ3v) is 5.35. The molecule has 10 heteroatoms. The fraction of sp³-hybridized carbons (Fsp3) is 0.368. The van der Waals surface area contributed by atoms with Crippen LogP contribution in [0, 0.1) is 5.92 Å². The number of rotatable bonds is 5. The molecular formula is C19H21ClN4O4S. The first-order chi connectivity index (χ1) is 14.0. The lowest BCUT2D eigenvalue weighted by Crippen LogP contribution is -2.43. The Morgan fingerprint density at radius 3 is 2.93 bits per heavy atom. The van der Waals surface area contributed by atoms with Crippen LogP contribution in [-0.4, -0.2) is 47.5 Å². The lowest BCUT2D eigenvalue weighted by Gasteiger charge is -2.31. The molecule has 1 fully saturated rings. The molecule has 1 unspecified atom stereocenters. The summed E-state index contributed by atoms with van der Waals surface area (Å²) in [6, 6.07) is 6.27. The van der Waals surface area contributed by atoms with Gasteiger partial charge in [-0.2, -0.15) is 0 Å². The summed E-state index contributed by atoms with van der Waals surface area (Å²) in [7, 11) is 0. The molecular weight excluding hydrogens is 416 g/mol. The Morgan fingerprint density at radius 2 is 2.17 bits per heavy atom. The number of halogens is 1. The number of amides is 3. The molecule has 0 spiro atoms. The topological polar surface area (TPSA) is 101 Å². The van der Waals surface area contributed by atoms with Crippen molar-refractivity contribution in [1.29, 1.82) is 0 Å². The minimum Gasteiger partial charge on any atom is -0.466 e. The van der Waals surface area contributed by atoms with Gasteiger partial charge in [0.25, 0.3) is 5.91 Å². The van der Waals surface area contributed by atoms with Gasteiger partial charge in [0.2, 0.25) is 0 Å². The van der Waals surface area contributed by atoms with Crippen LogP contribution in [0.2, 0.25) is 5.02 Å². The summed E-state index contributed by atoms with van der Waals surface area (Å²) in [5.74, 6) is -0.853. The number of hydrogen-bond donors (Lipinski definition) is 2. The number of thiazole rings is 1. The molecule has 2 aromatic rings. The van der Waals surface area contributed by atoms with Crippen molar-refractivity contribution in [2.45, 2.75) is 19.8 Å². The summed E-state index contributed by atoms with van der Waals surface area (Å²) in [4.78, 5) is 42.6. The molecule has 1 aliphatic heterocycles. The number of carbonyl (C=O) groups excluding carboxylic acids is 3. The fourth-order valence-electron chi connectivity index (χ4n) is 3.03. The maximum Gasteiger partial charge on any atom is 0.325 e. The van der Waals surface area contributed by atoms with E-state index in [1.54, 1.807) is 41.5 Å². The van der Waals surface area contributed by atoms with Crippen LogP contribution in [0.15, 0.2) is 29.6 Å². The highest BCUT2D eigenvalue weighted by Crippen LogP contribution is 2.22. The van der Waals surface area contributed by atoms with E-state index in [9.17, 15) is 14.4 Å². The molecule has 0 saturated carbocycles. The minimum atomic E-state index is -0.485. The summed E-state index contributed by atoms with van der Waals surface area (Å²) >= 11 is 7.05. The molecule has 0 aliphatic carbocycles. The largest absolute Gasteiger partial charge is 0.466 e. The van der Waals surface area contributed by atoms with Crippen LogP contribution >= 0.6 is 22.9 Å². The van der Waals surface area contributed by atoms with Gasteiger partial charge >= 0.3 is 12.0 Å². The van der Waals surface area contributed by atoms with E-state index in [1.807, 2.05) is 0 Å². The Kier molecular flexibility index (Phi) is 7.05. The average molecular weight is 437 g/mol. The first-order valence-corrected chi connectivity index (χ1v) is 10.5. The van der Waals surface area contributed by atoms with Crippen molar-refractivity contribution in [2.75, 3.05) is 30.3 Å². The Bertz CT molecular complexity index is 904. The molecule has 3 amide bonds. The zero-order valence-electron chi connectivity index (χ0n) is 15.8. The van der Waals surface area contributed by atoms with Gasteiger partial charge in [-0.25, -0.2) is 9.78 Å². The molecule has 1 aromatic heterocycles. The van der Waals surface area contributed by atoms with Crippen LogP contribution in [0.5, 0.6) is 0 Å². The van der Waals surface area contributed by atoms with Crippen molar-refractivity contribution in [3.63, 3.8) is 0 Å². The number of likely N-dealkylation sites (tertiary alicyclic amines) is 1. The van der Waals surface area contributed by atoms with Crippen molar-refractivity contribution >= 4 is 51.7 Å². The van der Waals surface area contributed by atoms with Gasteiger partial charge in [-0.1, -0.05) is 17.7 Å². The van der Waals surface area contributed by atoms with Gasteiger partial charge < -0.3 is 15.0 Å². The average Bonchev–Trinajstić information content (AvgIpc) is 3.16. The molecule has 0 radical (unpaired) electrons. The fourth-order valence-corrected chi connectivity index (χ4v) is 3.90. The summed E-state index contributed by atoms with van der Waals surface area (Å²) in [6.45, 7) is 2.95. The van der Waals surface area contributed by atoms with Crippen LogP contribution in [0.4, 0.5) is 15.6 Å². The second kappa shape index (κ2) is 9.71. The highest BCUT2D eigenvalue weighted by atomic mass is 35.5. The van der Waals surface area contributed by atoms with Crippen LogP contribution in [0.1, 0.15) is 30.3 Å². The Labute approximate surface area is 177 Å². The summed E-state index contributed by atoms with van der Waals surface area (Å²) < 4.78 is 5.07. The zero-order valence-corrected chi connectivity index (χ0v) is 17.4. The van der Waals surface area contributed by atoms with E-state index in [0.29, 0.717) is 42.0 Å². The lowest BCUT2D eigenvalue weighted by molar-refractivity contribution is -0.149. The van der Waals surface area contributed by atoms with Crippen molar-refractivity contribution < 1.29 is 19.1 Å². The van der Waals surface area contributed by atoms with Gasteiger partial charge in [-0.15, -0.1) is 11.3 Å². The molecule has 2 heterocycles. The van der Waals surface area contributed by atoms with Crippen LogP contribution in [0.3, 0.4) is 0 Å². The van der Waals surface area contributed by atoms with Gasteiger partial charge in [-0.05, 0) is 38.0 Å². The molecule has 2 N–H and O–H groups in total. The van der Waals surface area contributed by atoms with E-state index in [-0.39, 0.29) is 23.5 Å². The summed E-state index contributed by atoms with van der Waals surface area (Å²) in [6.07, 6.45) is 1.43. The molecule has 1 aliphatic rings. The van der Waals surface area contributed by atoms with Crippen molar-refractivity contribution in [1.82, 2.24) is 9.88 Å². The van der Waals surface area contributed by atoms with E-state index in [4.69, 9.17) is 16.3 Å². The van der Waals surface area contributed by atoms with Gasteiger partial charge in [0.1, 0.15) is 5.69 Å². The molecule has 154 valence electrons. The Morgan fingerprint density at radius 1 is 1.34 bits per heavy atom. The second-order valence-electron chi connectivity index (χ2n) is 6.47. The van der Waals surface area contributed by atoms with Crippen LogP contribution in [0.25, 0.3) is 0 Å². The minimum absolute atomic E-state index is 0.234. The van der Waals surface area contributed by atoms with Gasteiger partial charge in [-0.3, -0.25) is 14.9 Å². The summed E-state index contributed by atoms with van der Waals surface area (Å²) in [5.41, 5.74) is 0.777. The normalized spacial score (nSPS) is 16.2. The Hall–Kier alpha value is -2.65. The third kappa shape index (κ3) is 5.68. The monoisotopic (exact) mass is 436 g/mol. The van der Waals surface area contributed by atoms with Crippen molar-refractivity contribution in [2.24, 2.45) is 5.92 Å². The van der Waals surface area contributed by atoms with Gasteiger partial charge in [0, 0.05) is 29.2 Å². The molecule has 1 atom stereocenters. The maximum atomic E-state index is 12.7. The number of anilines is 2. The molecule has 1 aromatic carbocycles. The quantitative estimate of drug-likeness (QED) is 0.693. The number of nitrogens with one attached hydrogen (secondary N) is 2. The van der Waals surface area contributed by atoms with Crippen molar-refractivity contribution in [3.8, 4) is 0 Å². The first-order valence-electron chi connectivity index (χ1n) is 9.21. The summed E-state index contributed by atoms with van der Waals surface area (Å²) in [5, 5.41) is 7.64. The number of ether oxygens (including phenoxy) is 1. The highest BCUT2D eigenvalue weighted by Gasteiger charge is 2.30. The smallest absolute Gasteiger partial charge is 0.325 e. The number of nitrogens with zero attached hydrogens (tertiary/aromatic N) is 2. The number of piperidine rings is 1. The predicted octanol–water partition coefficient (Wildman–Crippen LogP) is 3.86. The SMILES string of the molecule is CCOC(=O)C1CCCN(C(=O)c2csc(NC(=O)Nc3cccc(Cl)c3)n2)C1. The Balaban J connectivity index is 1.58. The number of urea groups is 1. The van der Waals surface area contributed by atoms with E-state index in [0.717, 1.165) is 17.8 Å². The third-order valence-electron chi connectivity index (χ3n) is 4.35. The number of benzene rings is 1. The van der Waals surface area contributed by atoms with Crippen LogP contribution in [-0.2, 0) is 9.53 Å². The predicted molar refractivity (Wildman–Crippen MR) is 111 cm³/mol. The highest BCUT2D eigenvalue weighted by molar-refractivity contribution is 7.14. The van der Waals surface area contributed by atoms with Gasteiger partial charge in [0.15, 0.2) is 5.13 Å². The molecule has 8 nitrogen and oxygen atoms in total. The van der Waals surface area contributed by atoms with E-state index >= 15 is 0 Å².